The molecule has 0 aromatic carbocycles. The van der Waals surface area contributed by atoms with Crippen molar-refractivity contribution in [2.45, 2.75) is 6.17 Å². The highest BCUT2D eigenvalue weighted by Gasteiger charge is 1.88. The molecule has 0 heterocycles. The average molecular weight is 99.1 g/mol. The highest BCUT2D eigenvalue weighted by Crippen LogP contribution is 1.67. The van der Waals surface area contributed by atoms with E-state index >= 15 is 0 Å². The number of nitrogens with two attached hydrogens (primary N) is 1. The third-order valence-electron chi connectivity index (χ3n) is 0.474. The van der Waals surface area contributed by atoms with Gasteiger partial charge in [-0.3, -0.25) is 4.79 Å². The van der Waals surface area contributed by atoms with Crippen LogP contribution in [0.4, 0.5) is 0 Å². The maximum absolute atomic E-state index is 9.48. The molecule has 0 spiro atoms. The van der Waals surface area contributed by atoms with Gasteiger partial charge in [-0.25, -0.2) is 5.32 Å². The van der Waals surface area contributed by atoms with Crippen molar-refractivity contribution in [3.05, 3.63) is 12.7 Å². The van der Waals surface area contributed by atoms with Gasteiger partial charge in [-0.2, -0.15) is 0 Å². The lowest BCUT2D eigenvalue weighted by Crippen LogP contribution is -2.27. The van der Waals surface area contributed by atoms with E-state index in [4.69, 9.17) is 5.73 Å². The Morgan fingerprint density at radius 3 is 2.57 bits per heavy atom. The van der Waals surface area contributed by atoms with E-state index < -0.39 is 6.17 Å². The quantitative estimate of drug-likeness (QED) is 0.372. The molecule has 0 saturated carbocycles. The van der Waals surface area contributed by atoms with E-state index in [1.165, 1.54) is 6.08 Å². The van der Waals surface area contributed by atoms with Crippen LogP contribution < -0.4 is 11.1 Å². The molecule has 2 N–H and O–H groups in total. The lowest BCUT2D eigenvalue weighted by molar-refractivity contribution is -0.110. The largest absolute Gasteiger partial charge is 0.306 e. The van der Waals surface area contributed by atoms with Gasteiger partial charge < -0.3 is 5.73 Å². The minimum Gasteiger partial charge on any atom is -0.306 e. The van der Waals surface area contributed by atoms with Crippen LogP contribution >= 0.6 is 0 Å². The zero-order valence-electron chi connectivity index (χ0n) is 3.87. The molecule has 0 aromatic heterocycles. The van der Waals surface area contributed by atoms with Crippen LogP contribution in [0.2, 0.25) is 0 Å². The van der Waals surface area contributed by atoms with Crippen LogP contribution in [0.25, 0.3) is 0 Å². The van der Waals surface area contributed by atoms with Crippen molar-refractivity contribution in [2.75, 3.05) is 0 Å². The van der Waals surface area contributed by atoms with Crippen molar-refractivity contribution in [3.8, 4) is 0 Å². The fourth-order valence-corrected chi connectivity index (χ4v) is 0.131. The van der Waals surface area contributed by atoms with Gasteiger partial charge in [0.25, 0.3) is 0 Å². The molecule has 0 aliphatic rings. The molecular weight excluding hydrogens is 92.1 g/mol. The summed E-state index contributed by atoms with van der Waals surface area (Å²) in [6.45, 7) is 3.30. The topological polar surface area (TPSA) is 57.2 Å². The lowest BCUT2D eigenvalue weighted by atomic mass is 10.5. The van der Waals surface area contributed by atoms with Gasteiger partial charge in [0, 0.05) is 0 Å². The van der Waals surface area contributed by atoms with Crippen LogP contribution in [0.15, 0.2) is 12.7 Å². The predicted molar refractivity (Wildman–Crippen MR) is 26.4 cm³/mol. The van der Waals surface area contributed by atoms with E-state index in [0.717, 1.165) is 0 Å². The molecule has 7 heavy (non-hydrogen) atoms. The second-order valence-corrected chi connectivity index (χ2v) is 0.981. The first-order valence-electron chi connectivity index (χ1n) is 1.83. The Morgan fingerprint density at radius 2 is 2.43 bits per heavy atom. The maximum Gasteiger partial charge on any atom is 0.230 e. The molecule has 0 aromatic rings. The molecule has 0 aliphatic carbocycles. The molecule has 1 unspecified atom stereocenters. The first-order valence-corrected chi connectivity index (χ1v) is 1.83. The molecule has 1 atom stereocenters. The molecule has 0 fully saturated rings. The average Bonchev–Trinajstić information content (AvgIpc) is 1.68. The fraction of sp³-hybridized carbons (Fsp3) is 0.250. The summed E-state index contributed by atoms with van der Waals surface area (Å²) in [4.78, 5) is 9.48. The Kier molecular flexibility index (Phi) is 2.96. The number of hydrogen-bond donors (Lipinski definition) is 1. The number of nitrogens with zero attached hydrogens (tertiary/aromatic N) is 1. The smallest absolute Gasteiger partial charge is 0.230 e. The number of carbonyl (C=O) groups is 1. The van der Waals surface area contributed by atoms with E-state index in [1.54, 1.807) is 0 Å². The molecule has 1 radical (unpaired) electrons. The Labute approximate surface area is 42.2 Å². The van der Waals surface area contributed by atoms with Crippen LogP contribution in [0.5, 0.6) is 0 Å². The van der Waals surface area contributed by atoms with Crippen LogP contribution in [0.3, 0.4) is 0 Å². The summed E-state index contributed by atoms with van der Waals surface area (Å²) >= 11 is 0. The van der Waals surface area contributed by atoms with Gasteiger partial charge in [0.15, 0.2) is 0 Å². The zero-order chi connectivity index (χ0) is 5.70. The van der Waals surface area contributed by atoms with Gasteiger partial charge in [-0.05, 0) is 0 Å². The summed E-state index contributed by atoms with van der Waals surface area (Å²) in [5.41, 5.74) is 5.07. The van der Waals surface area contributed by atoms with Crippen LogP contribution in [0, 0.1) is 0 Å². The third-order valence-corrected chi connectivity index (χ3v) is 0.474. The highest BCUT2D eigenvalue weighted by atomic mass is 16.1. The summed E-state index contributed by atoms with van der Waals surface area (Å²) in [7, 11) is 0. The number of amides is 1. The summed E-state index contributed by atoms with van der Waals surface area (Å²) in [6, 6.07) is 0. The van der Waals surface area contributed by atoms with Gasteiger partial charge in [-0.15, -0.1) is 0 Å². The summed E-state index contributed by atoms with van der Waals surface area (Å²) in [6.07, 6.45) is 1.26. The van der Waals surface area contributed by atoms with E-state index in [2.05, 4.69) is 11.9 Å². The molecule has 39 valence electrons. The highest BCUT2D eigenvalue weighted by molar-refractivity contribution is 5.46. The minimum atomic E-state index is -0.530. The van der Waals surface area contributed by atoms with Gasteiger partial charge in [0.2, 0.25) is 6.41 Å². The fourth-order valence-electron chi connectivity index (χ4n) is 0.131. The van der Waals surface area contributed by atoms with Gasteiger partial charge >= 0.3 is 0 Å². The number of hydrogen-bond acceptors (Lipinski definition) is 2. The molecule has 1 amide bonds. The van der Waals surface area contributed by atoms with Crippen LogP contribution in [-0.4, -0.2) is 12.6 Å². The number of rotatable bonds is 3. The van der Waals surface area contributed by atoms with E-state index in [0.29, 0.717) is 6.41 Å². The maximum atomic E-state index is 9.48. The van der Waals surface area contributed by atoms with Gasteiger partial charge in [0.05, 0.1) is 0 Å². The van der Waals surface area contributed by atoms with Gasteiger partial charge in [-0.1, -0.05) is 12.7 Å². The molecule has 0 saturated heterocycles. The van der Waals surface area contributed by atoms with E-state index in [9.17, 15) is 4.79 Å². The summed E-state index contributed by atoms with van der Waals surface area (Å²) < 4.78 is 0. The monoisotopic (exact) mass is 99.1 g/mol. The summed E-state index contributed by atoms with van der Waals surface area (Å²) in [5, 5.41) is 3.22. The van der Waals surface area contributed by atoms with Gasteiger partial charge in [0.1, 0.15) is 6.17 Å². The Morgan fingerprint density at radius 1 is 1.86 bits per heavy atom. The molecule has 0 aliphatic heterocycles. The lowest BCUT2D eigenvalue weighted by Gasteiger charge is -1.95. The number of carbonyl (C=O) groups excluding carboxylic acids is 1. The molecule has 0 rings (SSSR count). The SMILES string of the molecule is C=CC(N)[N]C=O. The van der Waals surface area contributed by atoms with Crippen molar-refractivity contribution in [3.63, 3.8) is 0 Å². The molecule has 3 heteroatoms. The third kappa shape index (κ3) is 2.99. The van der Waals surface area contributed by atoms with Crippen LogP contribution in [-0.2, 0) is 4.79 Å². The van der Waals surface area contributed by atoms with E-state index in [-0.39, 0.29) is 0 Å². The molecular formula is C4H7N2O. The Balaban J connectivity index is 3.15. The van der Waals surface area contributed by atoms with Crippen molar-refractivity contribution >= 4 is 6.41 Å². The van der Waals surface area contributed by atoms with Crippen molar-refractivity contribution in [1.82, 2.24) is 5.32 Å². The first-order chi connectivity index (χ1) is 3.31. The molecule has 3 nitrogen and oxygen atoms in total. The normalized spacial score (nSPS) is 12.1. The molecule has 0 bridgehead atoms. The van der Waals surface area contributed by atoms with Crippen molar-refractivity contribution in [1.29, 1.82) is 0 Å². The van der Waals surface area contributed by atoms with Crippen molar-refractivity contribution < 1.29 is 4.79 Å². The predicted octanol–water partition coefficient (Wildman–Crippen LogP) is -0.782. The Bertz CT molecular complexity index is 72.1. The van der Waals surface area contributed by atoms with E-state index in [1.807, 2.05) is 0 Å². The second kappa shape index (κ2) is 3.36. The summed E-state index contributed by atoms with van der Waals surface area (Å²) in [5.74, 6) is 0. The van der Waals surface area contributed by atoms with Crippen molar-refractivity contribution in [2.24, 2.45) is 5.73 Å². The minimum absolute atomic E-state index is 0.409. The zero-order valence-corrected chi connectivity index (χ0v) is 3.87. The first kappa shape index (κ1) is 6.17. The van der Waals surface area contributed by atoms with Crippen LogP contribution in [0.1, 0.15) is 0 Å². The second-order valence-electron chi connectivity index (χ2n) is 0.981. The Hall–Kier alpha value is -0.830. The standard InChI is InChI=1S/C4H7N2O/c1-2-4(5)6-3-7/h2-4H,1,5H2.